The molecule has 1 aromatic rings. The lowest BCUT2D eigenvalue weighted by atomic mass is 9.83. The molecule has 0 heterocycles. The quantitative estimate of drug-likeness (QED) is 0.325. The number of benzene rings is 1. The van der Waals surface area contributed by atoms with E-state index < -0.39 is 0 Å². The van der Waals surface area contributed by atoms with Crippen molar-refractivity contribution in [3.8, 4) is 0 Å². The summed E-state index contributed by atoms with van der Waals surface area (Å²) < 4.78 is 5.62. The highest BCUT2D eigenvalue weighted by atomic mass is 16.5. The van der Waals surface area contributed by atoms with Crippen LogP contribution in [0.25, 0.3) is 0 Å². The second-order valence-electron chi connectivity index (χ2n) is 7.58. The van der Waals surface area contributed by atoms with Gasteiger partial charge in [0.15, 0.2) is 5.96 Å². The minimum absolute atomic E-state index is 0.0652. The highest BCUT2D eigenvalue weighted by molar-refractivity contribution is 5.88. The van der Waals surface area contributed by atoms with Gasteiger partial charge >= 0.3 is 0 Å². The Morgan fingerprint density at radius 2 is 2.00 bits per heavy atom. The van der Waals surface area contributed by atoms with Crippen molar-refractivity contribution in [3.05, 3.63) is 29.8 Å². The summed E-state index contributed by atoms with van der Waals surface area (Å²) in [6.45, 7) is 9.58. The van der Waals surface area contributed by atoms with E-state index in [9.17, 15) is 4.79 Å². The van der Waals surface area contributed by atoms with Gasteiger partial charge in [0.1, 0.15) is 0 Å². The van der Waals surface area contributed by atoms with E-state index in [0.29, 0.717) is 12.0 Å². The van der Waals surface area contributed by atoms with Crippen molar-refractivity contribution in [1.29, 1.82) is 0 Å². The molecule has 156 valence electrons. The molecular formula is C22H36N4O2. The fourth-order valence-electron chi connectivity index (χ4n) is 3.81. The van der Waals surface area contributed by atoms with Crippen LogP contribution in [0.4, 0.5) is 5.69 Å². The predicted octanol–water partition coefficient (Wildman–Crippen LogP) is 3.69. The summed E-state index contributed by atoms with van der Waals surface area (Å²) in [6, 6.07) is 7.83. The summed E-state index contributed by atoms with van der Waals surface area (Å²) in [4.78, 5) is 16.0. The number of nitrogens with zero attached hydrogens (tertiary/aromatic N) is 1. The zero-order valence-corrected chi connectivity index (χ0v) is 17.6. The molecular weight excluding hydrogens is 352 g/mol. The molecule has 0 spiro atoms. The smallest absolute Gasteiger partial charge is 0.221 e. The molecule has 1 aliphatic rings. The number of amides is 1. The van der Waals surface area contributed by atoms with E-state index in [2.05, 4.69) is 29.8 Å². The SMILES string of the molecule is CCNC(=NCc1cccc(NC(C)=O)c1)NCC1(CCOCC)CCCC1. The van der Waals surface area contributed by atoms with Gasteiger partial charge in [0.05, 0.1) is 6.54 Å². The van der Waals surface area contributed by atoms with Crippen molar-refractivity contribution < 1.29 is 9.53 Å². The first-order chi connectivity index (χ1) is 13.6. The van der Waals surface area contributed by atoms with E-state index in [0.717, 1.165) is 49.9 Å². The molecule has 0 atom stereocenters. The minimum Gasteiger partial charge on any atom is -0.382 e. The van der Waals surface area contributed by atoms with Crippen molar-refractivity contribution in [2.75, 3.05) is 31.6 Å². The molecule has 2 rings (SSSR count). The Labute approximate surface area is 169 Å². The van der Waals surface area contributed by atoms with Gasteiger partial charge in [-0.25, -0.2) is 4.99 Å². The predicted molar refractivity (Wildman–Crippen MR) is 116 cm³/mol. The van der Waals surface area contributed by atoms with Gasteiger partial charge in [0.2, 0.25) is 5.91 Å². The van der Waals surface area contributed by atoms with E-state index in [1.165, 1.54) is 32.6 Å². The standard InChI is InChI=1S/C22H36N4O2/c1-4-23-21(24-16-19-9-8-10-20(15-19)26-18(3)27)25-17-22(11-6-7-12-22)13-14-28-5-2/h8-10,15H,4-7,11-14,16-17H2,1-3H3,(H,26,27)(H2,23,24,25). The van der Waals surface area contributed by atoms with Gasteiger partial charge in [-0.15, -0.1) is 0 Å². The van der Waals surface area contributed by atoms with Gasteiger partial charge in [-0.1, -0.05) is 25.0 Å². The van der Waals surface area contributed by atoms with E-state index in [-0.39, 0.29) is 5.91 Å². The minimum atomic E-state index is -0.0652. The van der Waals surface area contributed by atoms with Crippen LogP contribution in [0.1, 0.15) is 58.4 Å². The van der Waals surface area contributed by atoms with E-state index in [1.54, 1.807) is 0 Å². The molecule has 1 fully saturated rings. The second-order valence-corrected chi connectivity index (χ2v) is 7.58. The third kappa shape index (κ3) is 7.50. The second kappa shape index (κ2) is 11.7. The number of nitrogens with one attached hydrogen (secondary N) is 3. The van der Waals surface area contributed by atoms with Crippen LogP contribution in [0.2, 0.25) is 0 Å². The number of guanidine groups is 1. The summed E-state index contributed by atoms with van der Waals surface area (Å²) in [5, 5.41) is 9.73. The van der Waals surface area contributed by atoms with Gasteiger partial charge in [-0.05, 0) is 56.2 Å². The van der Waals surface area contributed by atoms with Crippen LogP contribution in [0.3, 0.4) is 0 Å². The highest BCUT2D eigenvalue weighted by Crippen LogP contribution is 2.40. The van der Waals surface area contributed by atoms with E-state index in [4.69, 9.17) is 9.73 Å². The number of hydrogen-bond donors (Lipinski definition) is 3. The van der Waals surface area contributed by atoms with Crippen LogP contribution in [0, 0.1) is 5.41 Å². The maximum absolute atomic E-state index is 11.2. The lowest BCUT2D eigenvalue weighted by Crippen LogP contribution is -2.43. The molecule has 0 bridgehead atoms. The van der Waals surface area contributed by atoms with Gasteiger partial charge in [-0.2, -0.15) is 0 Å². The van der Waals surface area contributed by atoms with Crippen molar-refractivity contribution in [2.45, 2.75) is 59.4 Å². The first-order valence-electron chi connectivity index (χ1n) is 10.5. The van der Waals surface area contributed by atoms with Crippen molar-refractivity contribution in [2.24, 2.45) is 10.4 Å². The van der Waals surface area contributed by atoms with Crippen LogP contribution >= 0.6 is 0 Å². The largest absolute Gasteiger partial charge is 0.382 e. The molecule has 3 N–H and O–H groups in total. The van der Waals surface area contributed by atoms with Crippen LogP contribution in [0.15, 0.2) is 29.3 Å². The average molecular weight is 389 g/mol. The maximum Gasteiger partial charge on any atom is 0.221 e. The number of aliphatic imine (C=N–C) groups is 1. The van der Waals surface area contributed by atoms with Gasteiger partial charge in [0.25, 0.3) is 0 Å². The molecule has 28 heavy (non-hydrogen) atoms. The molecule has 1 aromatic carbocycles. The lowest BCUT2D eigenvalue weighted by molar-refractivity contribution is -0.114. The average Bonchev–Trinajstić information content (AvgIpc) is 3.13. The Morgan fingerprint density at radius 1 is 1.21 bits per heavy atom. The topological polar surface area (TPSA) is 74.8 Å². The summed E-state index contributed by atoms with van der Waals surface area (Å²) in [5.41, 5.74) is 2.19. The van der Waals surface area contributed by atoms with Crippen LogP contribution in [-0.2, 0) is 16.1 Å². The molecule has 6 heteroatoms. The van der Waals surface area contributed by atoms with Crippen molar-refractivity contribution in [3.63, 3.8) is 0 Å². The number of ether oxygens (including phenoxy) is 1. The van der Waals surface area contributed by atoms with Crippen LogP contribution < -0.4 is 16.0 Å². The summed E-state index contributed by atoms with van der Waals surface area (Å²) >= 11 is 0. The third-order valence-electron chi connectivity index (χ3n) is 5.29. The Balaban J connectivity index is 1.96. The van der Waals surface area contributed by atoms with Gasteiger partial charge < -0.3 is 20.7 Å². The number of anilines is 1. The van der Waals surface area contributed by atoms with Gasteiger partial charge in [0, 0.05) is 38.9 Å². The summed E-state index contributed by atoms with van der Waals surface area (Å²) in [7, 11) is 0. The van der Waals surface area contributed by atoms with Gasteiger partial charge in [-0.3, -0.25) is 4.79 Å². The first kappa shape index (κ1) is 22.2. The Bertz CT molecular complexity index is 639. The monoisotopic (exact) mass is 388 g/mol. The fourth-order valence-corrected chi connectivity index (χ4v) is 3.81. The number of hydrogen-bond acceptors (Lipinski definition) is 3. The third-order valence-corrected chi connectivity index (χ3v) is 5.29. The van der Waals surface area contributed by atoms with E-state index >= 15 is 0 Å². The van der Waals surface area contributed by atoms with E-state index in [1.807, 2.05) is 24.3 Å². The Morgan fingerprint density at radius 3 is 2.68 bits per heavy atom. The first-order valence-corrected chi connectivity index (χ1v) is 10.5. The molecule has 6 nitrogen and oxygen atoms in total. The summed E-state index contributed by atoms with van der Waals surface area (Å²) in [5.74, 6) is 0.777. The Kier molecular flexibility index (Phi) is 9.28. The summed E-state index contributed by atoms with van der Waals surface area (Å²) in [6.07, 6.45) is 6.22. The molecule has 0 aliphatic heterocycles. The zero-order valence-electron chi connectivity index (χ0n) is 17.6. The van der Waals surface area contributed by atoms with Crippen LogP contribution in [-0.4, -0.2) is 38.2 Å². The molecule has 0 unspecified atom stereocenters. The number of carbonyl (C=O) groups excluding carboxylic acids is 1. The normalized spacial score (nSPS) is 16.0. The molecule has 1 aliphatic carbocycles. The zero-order chi connectivity index (χ0) is 20.2. The molecule has 0 radical (unpaired) electrons. The number of carbonyl (C=O) groups is 1. The van der Waals surface area contributed by atoms with Crippen molar-refractivity contribution >= 4 is 17.6 Å². The maximum atomic E-state index is 11.2. The van der Waals surface area contributed by atoms with Crippen molar-refractivity contribution in [1.82, 2.24) is 10.6 Å². The highest BCUT2D eigenvalue weighted by Gasteiger charge is 2.33. The molecule has 0 saturated heterocycles. The van der Waals surface area contributed by atoms with Crippen LogP contribution in [0.5, 0.6) is 0 Å². The fraction of sp³-hybridized carbons (Fsp3) is 0.636. The number of rotatable bonds is 10. The lowest BCUT2D eigenvalue weighted by Gasteiger charge is -2.30. The Hall–Kier alpha value is -2.08. The molecule has 1 saturated carbocycles. The molecule has 1 amide bonds. The molecule has 0 aromatic heterocycles.